The summed E-state index contributed by atoms with van der Waals surface area (Å²) in [7, 11) is 0. The topological polar surface area (TPSA) is 62.7 Å². The molecular weight excluding hydrogens is 174 g/mol. The monoisotopic (exact) mass is 189 g/mol. The second-order valence-corrected chi connectivity index (χ2v) is 3.71. The fourth-order valence-corrected chi connectivity index (χ4v) is 1.44. The molecule has 0 aromatic carbocycles. The summed E-state index contributed by atoms with van der Waals surface area (Å²) in [5, 5.41) is 8.98. The summed E-state index contributed by atoms with van der Waals surface area (Å²) < 4.78 is 0. The van der Waals surface area contributed by atoms with Gasteiger partial charge in [0.05, 0.1) is 12.0 Å². The molecule has 74 valence electrons. The zero-order chi connectivity index (χ0) is 10.6. The van der Waals surface area contributed by atoms with E-state index >= 15 is 0 Å². The maximum absolute atomic E-state index is 8.98. The number of nitriles is 1. The molecule has 3 nitrogen and oxygen atoms in total. The number of pyridine rings is 1. The second-order valence-electron chi connectivity index (χ2n) is 3.71. The molecule has 14 heavy (non-hydrogen) atoms. The maximum atomic E-state index is 8.98. The molecule has 0 aliphatic carbocycles. The van der Waals surface area contributed by atoms with Crippen LogP contribution in [0, 0.1) is 23.2 Å². The standard InChI is InChI=1S/C11H15N3/c1-8(2)10(7-12)11(13)9-3-5-14-6-4-9/h3-6,8,10-11H,13H2,1-2H3. The number of hydrogen-bond donors (Lipinski definition) is 1. The van der Waals surface area contributed by atoms with Crippen molar-refractivity contribution in [2.75, 3.05) is 0 Å². The Morgan fingerprint density at radius 1 is 1.36 bits per heavy atom. The fraction of sp³-hybridized carbons (Fsp3) is 0.455. The summed E-state index contributed by atoms with van der Waals surface area (Å²) in [5.41, 5.74) is 6.97. The molecule has 0 saturated carbocycles. The van der Waals surface area contributed by atoms with E-state index in [0.717, 1.165) is 5.56 Å². The summed E-state index contributed by atoms with van der Waals surface area (Å²) >= 11 is 0. The number of hydrogen-bond acceptors (Lipinski definition) is 3. The smallest absolute Gasteiger partial charge is 0.0679 e. The van der Waals surface area contributed by atoms with E-state index in [9.17, 15) is 0 Å². The van der Waals surface area contributed by atoms with Crippen LogP contribution in [-0.2, 0) is 0 Å². The lowest BCUT2D eigenvalue weighted by molar-refractivity contribution is 0.403. The minimum Gasteiger partial charge on any atom is -0.323 e. The number of nitrogens with two attached hydrogens (primary N) is 1. The Labute approximate surface area is 84.6 Å². The third-order valence-electron chi connectivity index (χ3n) is 2.35. The highest BCUT2D eigenvalue weighted by molar-refractivity contribution is 5.17. The number of nitrogens with zero attached hydrogens (tertiary/aromatic N) is 2. The summed E-state index contributed by atoms with van der Waals surface area (Å²) in [6, 6.07) is 5.75. The van der Waals surface area contributed by atoms with Crippen molar-refractivity contribution in [2.45, 2.75) is 19.9 Å². The van der Waals surface area contributed by atoms with Gasteiger partial charge in [-0.3, -0.25) is 4.98 Å². The first kappa shape index (κ1) is 10.7. The van der Waals surface area contributed by atoms with Crippen LogP contribution in [0.4, 0.5) is 0 Å². The molecule has 0 amide bonds. The lowest BCUT2D eigenvalue weighted by atomic mass is 9.87. The van der Waals surface area contributed by atoms with E-state index in [2.05, 4.69) is 11.1 Å². The number of rotatable bonds is 3. The predicted octanol–water partition coefficient (Wildman–Crippen LogP) is 1.88. The number of aromatic nitrogens is 1. The minimum absolute atomic E-state index is 0.141. The Balaban J connectivity index is 2.85. The van der Waals surface area contributed by atoms with Gasteiger partial charge in [-0.2, -0.15) is 5.26 Å². The van der Waals surface area contributed by atoms with Crippen LogP contribution in [0.1, 0.15) is 25.5 Å². The highest BCUT2D eigenvalue weighted by atomic mass is 14.7. The van der Waals surface area contributed by atoms with Crippen LogP contribution in [0.3, 0.4) is 0 Å². The van der Waals surface area contributed by atoms with E-state index < -0.39 is 0 Å². The molecule has 1 aromatic rings. The van der Waals surface area contributed by atoms with Crippen molar-refractivity contribution < 1.29 is 0 Å². The van der Waals surface area contributed by atoms with Crippen molar-refractivity contribution in [3.63, 3.8) is 0 Å². The van der Waals surface area contributed by atoms with E-state index in [0.29, 0.717) is 0 Å². The molecule has 0 aliphatic heterocycles. The predicted molar refractivity (Wildman–Crippen MR) is 55.1 cm³/mol. The Hall–Kier alpha value is -1.40. The summed E-state index contributed by atoms with van der Waals surface area (Å²) in [5.74, 6) is 0.126. The van der Waals surface area contributed by atoms with Gasteiger partial charge in [0.15, 0.2) is 0 Å². The molecule has 2 atom stereocenters. The van der Waals surface area contributed by atoms with Crippen LogP contribution in [0.25, 0.3) is 0 Å². The van der Waals surface area contributed by atoms with E-state index in [1.54, 1.807) is 12.4 Å². The van der Waals surface area contributed by atoms with E-state index in [1.165, 1.54) is 0 Å². The lowest BCUT2D eigenvalue weighted by Crippen LogP contribution is -2.24. The normalized spacial score (nSPS) is 14.8. The van der Waals surface area contributed by atoms with Gasteiger partial charge in [0.1, 0.15) is 0 Å². The molecule has 0 bridgehead atoms. The van der Waals surface area contributed by atoms with Gasteiger partial charge in [-0.15, -0.1) is 0 Å². The third kappa shape index (κ3) is 2.30. The SMILES string of the molecule is CC(C)C(C#N)C(N)c1ccncc1. The molecule has 1 heterocycles. The van der Waals surface area contributed by atoms with Gasteiger partial charge >= 0.3 is 0 Å². The van der Waals surface area contributed by atoms with Crippen LogP contribution < -0.4 is 5.73 Å². The van der Waals surface area contributed by atoms with Gasteiger partial charge in [0.2, 0.25) is 0 Å². The summed E-state index contributed by atoms with van der Waals surface area (Å²) in [6.45, 7) is 4.02. The molecule has 0 aliphatic rings. The molecule has 1 aromatic heterocycles. The van der Waals surface area contributed by atoms with E-state index in [1.807, 2.05) is 26.0 Å². The molecule has 2 N–H and O–H groups in total. The first-order valence-corrected chi connectivity index (χ1v) is 4.72. The highest BCUT2D eigenvalue weighted by Crippen LogP contribution is 2.24. The Kier molecular flexibility index (Phi) is 3.61. The fourth-order valence-electron chi connectivity index (χ4n) is 1.44. The van der Waals surface area contributed by atoms with Gasteiger partial charge in [0.25, 0.3) is 0 Å². The molecule has 0 radical (unpaired) electrons. The minimum atomic E-state index is -0.219. The second kappa shape index (κ2) is 4.73. The van der Waals surface area contributed by atoms with Crippen molar-refractivity contribution in [3.8, 4) is 6.07 Å². The lowest BCUT2D eigenvalue weighted by Gasteiger charge is -2.20. The summed E-state index contributed by atoms with van der Waals surface area (Å²) in [6.07, 6.45) is 3.40. The largest absolute Gasteiger partial charge is 0.323 e. The zero-order valence-electron chi connectivity index (χ0n) is 8.51. The highest BCUT2D eigenvalue weighted by Gasteiger charge is 2.21. The van der Waals surface area contributed by atoms with Gasteiger partial charge in [0, 0.05) is 18.4 Å². The van der Waals surface area contributed by atoms with Crippen LogP contribution in [0.15, 0.2) is 24.5 Å². The quantitative estimate of drug-likeness (QED) is 0.789. The third-order valence-corrected chi connectivity index (χ3v) is 2.35. The average Bonchev–Trinajstić information content (AvgIpc) is 2.19. The Morgan fingerprint density at radius 2 is 1.93 bits per heavy atom. The van der Waals surface area contributed by atoms with Crippen LogP contribution in [0.5, 0.6) is 0 Å². The van der Waals surface area contributed by atoms with Crippen LogP contribution in [0.2, 0.25) is 0 Å². The summed E-state index contributed by atoms with van der Waals surface area (Å²) in [4.78, 5) is 3.92. The van der Waals surface area contributed by atoms with Crippen molar-refractivity contribution in [1.29, 1.82) is 5.26 Å². The Morgan fingerprint density at radius 3 is 2.36 bits per heavy atom. The molecule has 0 fully saturated rings. The first-order valence-electron chi connectivity index (χ1n) is 4.72. The molecule has 2 unspecified atom stereocenters. The van der Waals surface area contributed by atoms with Crippen molar-refractivity contribution in [2.24, 2.45) is 17.6 Å². The van der Waals surface area contributed by atoms with Crippen LogP contribution in [-0.4, -0.2) is 4.98 Å². The molecule has 0 spiro atoms. The van der Waals surface area contributed by atoms with Gasteiger partial charge < -0.3 is 5.73 Å². The van der Waals surface area contributed by atoms with Gasteiger partial charge in [-0.1, -0.05) is 13.8 Å². The van der Waals surface area contributed by atoms with Crippen molar-refractivity contribution in [1.82, 2.24) is 4.98 Å². The van der Waals surface area contributed by atoms with Crippen molar-refractivity contribution >= 4 is 0 Å². The molecule has 1 rings (SSSR count). The first-order chi connectivity index (χ1) is 6.66. The average molecular weight is 189 g/mol. The van der Waals surface area contributed by atoms with Gasteiger partial charge in [-0.25, -0.2) is 0 Å². The maximum Gasteiger partial charge on any atom is 0.0679 e. The van der Waals surface area contributed by atoms with Gasteiger partial charge in [-0.05, 0) is 23.6 Å². The van der Waals surface area contributed by atoms with E-state index in [4.69, 9.17) is 11.0 Å². The zero-order valence-corrected chi connectivity index (χ0v) is 8.51. The van der Waals surface area contributed by atoms with Crippen molar-refractivity contribution in [3.05, 3.63) is 30.1 Å². The molecule has 0 saturated heterocycles. The Bertz CT molecular complexity index is 313. The van der Waals surface area contributed by atoms with Crippen LogP contribution >= 0.6 is 0 Å². The van der Waals surface area contributed by atoms with E-state index in [-0.39, 0.29) is 17.9 Å². The molecular formula is C11H15N3. The molecule has 3 heteroatoms.